The molecule has 0 radical (unpaired) electrons. The monoisotopic (exact) mass is 268 g/mol. The molecule has 0 aliphatic carbocycles. The summed E-state index contributed by atoms with van der Waals surface area (Å²) < 4.78 is 0. The van der Waals surface area contributed by atoms with Gasteiger partial charge in [0.2, 0.25) is 0 Å². The molecule has 0 amide bonds. The Morgan fingerprint density at radius 2 is 1.94 bits per heavy atom. The van der Waals surface area contributed by atoms with Crippen LogP contribution in [-0.2, 0) is 6.42 Å². The molecule has 0 saturated heterocycles. The zero-order chi connectivity index (χ0) is 13.7. The lowest BCUT2D eigenvalue weighted by Crippen LogP contribution is -2.28. The Bertz CT molecular complexity index is 379. The van der Waals surface area contributed by atoms with Crippen molar-refractivity contribution >= 4 is 17.3 Å². The van der Waals surface area contributed by atoms with Crippen LogP contribution in [0.2, 0.25) is 5.02 Å². The molecule has 0 aromatic heterocycles. The Morgan fingerprint density at radius 3 is 2.44 bits per heavy atom. The van der Waals surface area contributed by atoms with Crippen LogP contribution in [0.5, 0.6) is 0 Å². The van der Waals surface area contributed by atoms with Crippen LogP contribution in [0.4, 0.5) is 5.69 Å². The van der Waals surface area contributed by atoms with Gasteiger partial charge in [-0.1, -0.05) is 31.5 Å². The zero-order valence-corrected chi connectivity index (χ0v) is 12.7. The lowest BCUT2D eigenvalue weighted by Gasteiger charge is -2.27. The molecule has 0 aliphatic rings. The summed E-state index contributed by atoms with van der Waals surface area (Å²) in [5.74, 6) is 0. The minimum absolute atomic E-state index is 0.221. The van der Waals surface area contributed by atoms with Crippen LogP contribution in [0.15, 0.2) is 18.2 Å². The topological polar surface area (TPSA) is 29.3 Å². The molecule has 1 aromatic rings. The lowest BCUT2D eigenvalue weighted by atomic mass is 10.0. The molecular weight excluding hydrogens is 244 g/mol. The van der Waals surface area contributed by atoms with Gasteiger partial charge in [-0.25, -0.2) is 0 Å². The Balaban J connectivity index is 2.85. The van der Waals surface area contributed by atoms with Crippen LogP contribution in [0.25, 0.3) is 0 Å². The van der Waals surface area contributed by atoms with E-state index in [1.165, 1.54) is 5.56 Å². The maximum Gasteiger partial charge on any atom is 0.0642 e. The summed E-state index contributed by atoms with van der Waals surface area (Å²) >= 11 is 6.37. The smallest absolute Gasteiger partial charge is 0.0642 e. The van der Waals surface area contributed by atoms with Crippen molar-refractivity contribution < 1.29 is 0 Å². The fourth-order valence-corrected chi connectivity index (χ4v) is 2.26. The van der Waals surface area contributed by atoms with Crippen LogP contribution < -0.4 is 10.6 Å². The van der Waals surface area contributed by atoms with Gasteiger partial charge in [-0.15, -0.1) is 0 Å². The second-order valence-electron chi connectivity index (χ2n) is 5.03. The summed E-state index contributed by atoms with van der Waals surface area (Å²) in [5.41, 5.74) is 8.28. The molecule has 3 heteroatoms. The normalized spacial score (nSPS) is 14.3. The molecule has 0 aliphatic heterocycles. The Kier molecular flexibility index (Phi) is 5.97. The maximum atomic E-state index is 6.37. The summed E-state index contributed by atoms with van der Waals surface area (Å²) in [4.78, 5) is 2.23. The van der Waals surface area contributed by atoms with E-state index in [9.17, 15) is 0 Å². The van der Waals surface area contributed by atoms with Crippen molar-refractivity contribution in [2.75, 3.05) is 11.9 Å². The van der Waals surface area contributed by atoms with Crippen molar-refractivity contribution in [3.05, 3.63) is 28.8 Å². The fraction of sp³-hybridized carbons (Fsp3) is 0.600. The van der Waals surface area contributed by atoms with Crippen molar-refractivity contribution in [3.63, 3.8) is 0 Å². The number of hydrogen-bond donors (Lipinski definition) is 1. The first-order valence-corrected chi connectivity index (χ1v) is 7.14. The van der Waals surface area contributed by atoms with Gasteiger partial charge in [0.25, 0.3) is 0 Å². The van der Waals surface area contributed by atoms with Crippen LogP contribution in [0.1, 0.15) is 39.2 Å². The summed E-state index contributed by atoms with van der Waals surface area (Å²) in [6, 6.07) is 7.00. The molecule has 0 spiro atoms. The minimum atomic E-state index is 0.221. The van der Waals surface area contributed by atoms with Crippen molar-refractivity contribution in [1.82, 2.24) is 0 Å². The van der Waals surface area contributed by atoms with Gasteiger partial charge in [-0.05, 0) is 43.9 Å². The van der Waals surface area contributed by atoms with Crippen LogP contribution >= 0.6 is 11.6 Å². The van der Waals surface area contributed by atoms with Crippen LogP contribution in [0, 0.1) is 0 Å². The van der Waals surface area contributed by atoms with Gasteiger partial charge in [0.1, 0.15) is 0 Å². The minimum Gasteiger partial charge on any atom is -0.371 e. The highest BCUT2D eigenvalue weighted by Gasteiger charge is 2.12. The molecule has 0 heterocycles. The molecule has 2 atom stereocenters. The van der Waals surface area contributed by atoms with E-state index in [-0.39, 0.29) is 6.04 Å². The van der Waals surface area contributed by atoms with Crippen LogP contribution in [0.3, 0.4) is 0 Å². The van der Waals surface area contributed by atoms with Crippen molar-refractivity contribution in [2.24, 2.45) is 5.73 Å². The van der Waals surface area contributed by atoms with E-state index in [0.29, 0.717) is 6.04 Å². The van der Waals surface area contributed by atoms with Gasteiger partial charge in [0.05, 0.1) is 10.7 Å². The van der Waals surface area contributed by atoms with E-state index in [0.717, 1.165) is 30.0 Å². The number of rotatable bonds is 6. The molecule has 0 bridgehead atoms. The van der Waals surface area contributed by atoms with Gasteiger partial charge in [0, 0.05) is 19.1 Å². The average Bonchev–Trinajstić information content (AvgIpc) is 2.37. The molecule has 102 valence electrons. The van der Waals surface area contributed by atoms with Crippen molar-refractivity contribution in [2.45, 2.75) is 52.1 Å². The third-order valence-corrected chi connectivity index (χ3v) is 3.97. The lowest BCUT2D eigenvalue weighted by molar-refractivity contribution is 0.645. The first kappa shape index (κ1) is 15.3. The van der Waals surface area contributed by atoms with Gasteiger partial charge < -0.3 is 10.6 Å². The van der Waals surface area contributed by atoms with Crippen molar-refractivity contribution in [1.29, 1.82) is 0 Å². The molecule has 0 fully saturated rings. The highest BCUT2D eigenvalue weighted by atomic mass is 35.5. The summed E-state index contributed by atoms with van der Waals surface area (Å²) in [5, 5.41) is 0.818. The van der Waals surface area contributed by atoms with E-state index < -0.39 is 0 Å². The SMILES string of the molecule is CCC(N)Cc1ccc(N(C)C(C)CC)c(Cl)c1. The summed E-state index contributed by atoms with van der Waals surface area (Å²) in [7, 11) is 2.09. The molecule has 1 aromatic carbocycles. The van der Waals surface area contributed by atoms with E-state index in [2.05, 4.69) is 44.9 Å². The molecular formula is C15H25ClN2. The fourth-order valence-electron chi connectivity index (χ4n) is 1.92. The second-order valence-corrected chi connectivity index (χ2v) is 5.43. The van der Waals surface area contributed by atoms with E-state index in [1.54, 1.807) is 0 Å². The van der Waals surface area contributed by atoms with E-state index in [1.807, 2.05) is 6.07 Å². The van der Waals surface area contributed by atoms with Gasteiger partial charge >= 0.3 is 0 Å². The largest absolute Gasteiger partial charge is 0.371 e. The molecule has 2 nitrogen and oxygen atoms in total. The highest BCUT2D eigenvalue weighted by molar-refractivity contribution is 6.33. The third kappa shape index (κ3) is 3.89. The average molecular weight is 269 g/mol. The Hall–Kier alpha value is -0.730. The predicted octanol–water partition coefficient (Wildman–Crippen LogP) is 3.85. The Morgan fingerprint density at radius 1 is 1.28 bits per heavy atom. The number of nitrogens with two attached hydrogens (primary N) is 1. The first-order valence-electron chi connectivity index (χ1n) is 6.76. The summed E-state index contributed by atoms with van der Waals surface area (Å²) in [6.45, 7) is 6.50. The van der Waals surface area contributed by atoms with Gasteiger partial charge in [0.15, 0.2) is 0 Å². The van der Waals surface area contributed by atoms with Gasteiger partial charge in [-0.2, -0.15) is 0 Å². The summed E-state index contributed by atoms with van der Waals surface area (Å²) in [6.07, 6.45) is 2.99. The van der Waals surface area contributed by atoms with Gasteiger partial charge in [-0.3, -0.25) is 0 Å². The Labute approximate surface area is 116 Å². The molecule has 18 heavy (non-hydrogen) atoms. The number of halogens is 1. The van der Waals surface area contributed by atoms with Crippen LogP contribution in [-0.4, -0.2) is 19.1 Å². The van der Waals surface area contributed by atoms with E-state index >= 15 is 0 Å². The van der Waals surface area contributed by atoms with E-state index in [4.69, 9.17) is 17.3 Å². The molecule has 2 N–H and O–H groups in total. The van der Waals surface area contributed by atoms with Crippen molar-refractivity contribution in [3.8, 4) is 0 Å². The highest BCUT2D eigenvalue weighted by Crippen LogP contribution is 2.28. The maximum absolute atomic E-state index is 6.37. The quantitative estimate of drug-likeness (QED) is 0.849. The number of hydrogen-bond acceptors (Lipinski definition) is 2. The number of anilines is 1. The third-order valence-electron chi connectivity index (χ3n) is 3.67. The first-order chi connectivity index (χ1) is 8.49. The zero-order valence-electron chi connectivity index (χ0n) is 11.9. The number of nitrogens with zero attached hydrogens (tertiary/aromatic N) is 1. The number of benzene rings is 1. The second kappa shape index (κ2) is 7.01. The standard InChI is InChI=1S/C15H25ClN2/c1-5-11(3)18(4)15-8-7-12(10-14(15)16)9-13(17)6-2/h7-8,10-11,13H,5-6,9,17H2,1-4H3. The molecule has 1 rings (SSSR count). The molecule has 2 unspecified atom stereocenters. The molecule has 0 saturated carbocycles. The predicted molar refractivity (Wildman–Crippen MR) is 81.6 cm³/mol.